The molecule has 3 aromatic rings. The highest BCUT2D eigenvalue weighted by Crippen LogP contribution is 2.20. The lowest BCUT2D eigenvalue weighted by atomic mass is 10.1. The number of ether oxygens (including phenoxy) is 1. The van der Waals surface area contributed by atoms with Crippen molar-refractivity contribution >= 4 is 22.8 Å². The maximum atomic E-state index is 12.8. The molecule has 0 saturated carbocycles. The second kappa shape index (κ2) is 8.13. The van der Waals surface area contributed by atoms with Gasteiger partial charge in [-0.15, -0.1) is 0 Å². The molecule has 3 heterocycles. The third-order valence-electron chi connectivity index (χ3n) is 5.50. The van der Waals surface area contributed by atoms with Crippen LogP contribution in [0, 0.1) is 6.92 Å². The molecule has 0 bridgehead atoms. The largest absolute Gasteiger partial charge is 0.465 e. The Bertz CT molecular complexity index is 1030. The molecule has 29 heavy (non-hydrogen) atoms. The molecule has 7 nitrogen and oxygen atoms in total. The highest BCUT2D eigenvalue weighted by atomic mass is 16.5. The third kappa shape index (κ3) is 4.05. The van der Waals surface area contributed by atoms with Gasteiger partial charge in [-0.25, -0.2) is 4.79 Å². The zero-order valence-corrected chi connectivity index (χ0v) is 16.7. The van der Waals surface area contributed by atoms with Crippen LogP contribution in [0.4, 0.5) is 0 Å². The van der Waals surface area contributed by atoms with E-state index in [4.69, 9.17) is 9.15 Å². The second-order valence-electron chi connectivity index (χ2n) is 7.37. The fourth-order valence-corrected chi connectivity index (χ4v) is 3.86. The van der Waals surface area contributed by atoms with Gasteiger partial charge in [0.1, 0.15) is 17.1 Å². The van der Waals surface area contributed by atoms with Crippen molar-refractivity contribution in [3.05, 3.63) is 59.2 Å². The minimum atomic E-state index is -0.384. The van der Waals surface area contributed by atoms with Crippen molar-refractivity contribution in [2.75, 3.05) is 33.3 Å². The number of methoxy groups -OCH3 is 1. The number of aromatic nitrogens is 1. The number of carbonyl (C=O) groups excluding carboxylic acids is 2. The molecule has 1 aliphatic rings. The summed E-state index contributed by atoms with van der Waals surface area (Å²) in [6, 6.07) is 9.78. The van der Waals surface area contributed by atoms with Gasteiger partial charge in [-0.05, 0) is 24.6 Å². The van der Waals surface area contributed by atoms with Crippen molar-refractivity contribution in [2.24, 2.45) is 0 Å². The van der Waals surface area contributed by atoms with E-state index in [1.807, 2.05) is 35.4 Å². The molecule has 0 radical (unpaired) electrons. The zero-order valence-electron chi connectivity index (χ0n) is 16.7. The highest BCUT2D eigenvalue weighted by Gasteiger charge is 2.23. The monoisotopic (exact) mass is 395 g/mol. The minimum absolute atomic E-state index is 0.149. The molecule has 1 aromatic carbocycles. The Morgan fingerprint density at radius 1 is 1.17 bits per heavy atom. The van der Waals surface area contributed by atoms with Gasteiger partial charge in [0.15, 0.2) is 0 Å². The number of amides is 1. The molecule has 0 aliphatic carbocycles. The summed E-state index contributed by atoms with van der Waals surface area (Å²) in [7, 11) is 1.36. The Balaban J connectivity index is 1.32. The first kappa shape index (κ1) is 19.3. The lowest BCUT2D eigenvalue weighted by Gasteiger charge is -2.34. The number of piperazine rings is 1. The Kier molecular flexibility index (Phi) is 5.40. The lowest BCUT2D eigenvalue weighted by Crippen LogP contribution is -2.48. The number of nitrogens with zero attached hydrogens (tertiary/aromatic N) is 2. The van der Waals surface area contributed by atoms with Crippen LogP contribution in [-0.4, -0.2) is 59.9 Å². The zero-order chi connectivity index (χ0) is 20.4. The number of carbonyl (C=O) groups is 2. The average Bonchev–Trinajstić information content (AvgIpc) is 3.31. The van der Waals surface area contributed by atoms with Gasteiger partial charge in [-0.1, -0.05) is 18.2 Å². The van der Waals surface area contributed by atoms with E-state index in [1.54, 1.807) is 13.0 Å². The topological polar surface area (TPSA) is 78.8 Å². The molecule has 1 N–H and O–H groups in total. The molecule has 1 fully saturated rings. The number of furan rings is 1. The predicted molar refractivity (Wildman–Crippen MR) is 109 cm³/mol. The van der Waals surface area contributed by atoms with Crippen LogP contribution in [0.5, 0.6) is 0 Å². The smallest absolute Gasteiger partial charge is 0.341 e. The molecule has 0 spiro atoms. The molecule has 7 heteroatoms. The summed E-state index contributed by atoms with van der Waals surface area (Å²) in [6.45, 7) is 5.29. The van der Waals surface area contributed by atoms with E-state index < -0.39 is 0 Å². The molecular formula is C22H25N3O4. The summed E-state index contributed by atoms with van der Waals surface area (Å²) >= 11 is 0. The van der Waals surface area contributed by atoms with Crippen molar-refractivity contribution in [2.45, 2.75) is 19.9 Å². The number of esters is 1. The predicted octanol–water partition coefficient (Wildman–Crippen LogP) is 2.74. The van der Waals surface area contributed by atoms with E-state index >= 15 is 0 Å². The molecule has 1 saturated heterocycles. The molecule has 4 rings (SSSR count). The Hall–Kier alpha value is -3.06. The number of aryl methyl sites for hydroxylation is 1. The summed E-state index contributed by atoms with van der Waals surface area (Å²) in [5, 5.41) is 1.11. The lowest BCUT2D eigenvalue weighted by molar-refractivity contribution is -0.132. The van der Waals surface area contributed by atoms with E-state index in [9.17, 15) is 9.59 Å². The molecule has 2 aromatic heterocycles. The van der Waals surface area contributed by atoms with Crippen LogP contribution in [0.3, 0.4) is 0 Å². The van der Waals surface area contributed by atoms with Crippen LogP contribution in [0.25, 0.3) is 10.9 Å². The fourth-order valence-electron chi connectivity index (χ4n) is 3.86. The number of nitrogens with one attached hydrogen (secondary N) is 1. The Labute approximate surface area is 169 Å². The maximum absolute atomic E-state index is 12.8. The van der Waals surface area contributed by atoms with Crippen LogP contribution >= 0.6 is 0 Å². The van der Waals surface area contributed by atoms with E-state index in [2.05, 4.69) is 9.88 Å². The van der Waals surface area contributed by atoms with Gasteiger partial charge >= 0.3 is 5.97 Å². The SMILES string of the molecule is COC(=O)c1cc(CN2CCN(C(=O)Cc3c[nH]c4ccccc34)CC2)oc1C. The number of fused-ring (bicyclic) bond motifs is 1. The van der Waals surface area contributed by atoms with Gasteiger partial charge in [0, 0.05) is 43.3 Å². The van der Waals surface area contributed by atoms with Crippen molar-refractivity contribution in [1.29, 1.82) is 0 Å². The van der Waals surface area contributed by atoms with Gasteiger partial charge in [0.05, 0.1) is 20.1 Å². The molecule has 1 aliphatic heterocycles. The molecule has 1 amide bonds. The van der Waals surface area contributed by atoms with E-state index in [0.29, 0.717) is 37.4 Å². The number of aromatic amines is 1. The van der Waals surface area contributed by atoms with Gasteiger partial charge in [0.2, 0.25) is 5.91 Å². The first-order valence-corrected chi connectivity index (χ1v) is 9.78. The number of H-pyrrole nitrogens is 1. The molecular weight excluding hydrogens is 370 g/mol. The van der Waals surface area contributed by atoms with Crippen LogP contribution in [0.15, 0.2) is 40.9 Å². The second-order valence-corrected chi connectivity index (χ2v) is 7.37. The van der Waals surface area contributed by atoms with Crippen molar-refractivity contribution < 1.29 is 18.7 Å². The van der Waals surface area contributed by atoms with Crippen molar-refractivity contribution in [1.82, 2.24) is 14.8 Å². The Morgan fingerprint density at radius 2 is 1.93 bits per heavy atom. The number of benzene rings is 1. The van der Waals surface area contributed by atoms with Gasteiger partial charge in [-0.2, -0.15) is 0 Å². The van der Waals surface area contributed by atoms with Crippen LogP contribution in [0.1, 0.15) is 27.4 Å². The quantitative estimate of drug-likeness (QED) is 0.672. The first-order valence-electron chi connectivity index (χ1n) is 9.78. The van der Waals surface area contributed by atoms with E-state index in [1.165, 1.54) is 7.11 Å². The molecule has 0 unspecified atom stereocenters. The summed E-state index contributed by atoms with van der Waals surface area (Å²) in [5.74, 6) is 1.07. The first-order chi connectivity index (χ1) is 14.0. The standard InChI is InChI=1S/C22H25N3O4/c1-15-19(22(27)28-2)12-17(29-15)14-24-7-9-25(10-8-24)21(26)11-16-13-23-20-6-4-3-5-18(16)20/h3-6,12-13,23H,7-11,14H2,1-2H3. The van der Waals surface area contributed by atoms with Crippen molar-refractivity contribution in [3.8, 4) is 0 Å². The highest BCUT2D eigenvalue weighted by molar-refractivity contribution is 5.90. The summed E-state index contributed by atoms with van der Waals surface area (Å²) < 4.78 is 10.5. The number of hydrogen-bond acceptors (Lipinski definition) is 5. The minimum Gasteiger partial charge on any atom is -0.465 e. The summed E-state index contributed by atoms with van der Waals surface area (Å²) in [5.41, 5.74) is 2.56. The maximum Gasteiger partial charge on any atom is 0.341 e. The Morgan fingerprint density at radius 3 is 2.69 bits per heavy atom. The fraction of sp³-hybridized carbons (Fsp3) is 0.364. The third-order valence-corrected chi connectivity index (χ3v) is 5.50. The summed E-state index contributed by atoms with van der Waals surface area (Å²) in [4.78, 5) is 31.9. The number of rotatable bonds is 5. The number of hydrogen-bond donors (Lipinski definition) is 1. The van der Waals surface area contributed by atoms with Crippen molar-refractivity contribution in [3.63, 3.8) is 0 Å². The normalized spacial score (nSPS) is 15.0. The van der Waals surface area contributed by atoms with Crippen LogP contribution in [0.2, 0.25) is 0 Å². The van der Waals surface area contributed by atoms with Gasteiger partial charge < -0.3 is 19.0 Å². The number of para-hydroxylation sites is 1. The molecule has 0 atom stereocenters. The summed E-state index contributed by atoms with van der Waals surface area (Å²) in [6.07, 6.45) is 2.33. The van der Waals surface area contributed by atoms with E-state index in [0.717, 1.165) is 35.3 Å². The van der Waals surface area contributed by atoms with Gasteiger partial charge in [-0.3, -0.25) is 9.69 Å². The van der Waals surface area contributed by atoms with Gasteiger partial charge in [0.25, 0.3) is 0 Å². The molecule has 152 valence electrons. The average molecular weight is 395 g/mol. The van der Waals surface area contributed by atoms with E-state index in [-0.39, 0.29) is 11.9 Å². The van der Waals surface area contributed by atoms with Crippen LogP contribution in [-0.2, 0) is 22.5 Å². The van der Waals surface area contributed by atoms with Crippen LogP contribution < -0.4 is 0 Å².